The number of hydrogen-bond donors (Lipinski definition) is 0. The number of nitrogens with zero attached hydrogens (tertiary/aromatic N) is 4. The Labute approximate surface area is 166 Å². The van der Waals surface area contributed by atoms with Crippen LogP contribution in [-0.4, -0.2) is 28.2 Å². The minimum Gasteiger partial charge on any atom is -0.497 e. The molecule has 0 radical (unpaired) electrons. The van der Waals surface area contributed by atoms with Gasteiger partial charge < -0.3 is 4.74 Å². The van der Waals surface area contributed by atoms with Gasteiger partial charge in [-0.3, -0.25) is 0 Å². The third-order valence-electron chi connectivity index (χ3n) is 3.58. The molecule has 0 bridgehead atoms. The number of rotatable bonds is 6. The number of ether oxygens (including phenoxy) is 1. The van der Waals surface area contributed by atoms with Crippen LogP contribution in [0.25, 0.3) is 0 Å². The van der Waals surface area contributed by atoms with E-state index in [1.54, 1.807) is 24.1 Å². The minimum atomic E-state index is 0.617. The quantitative estimate of drug-likeness (QED) is 0.423. The van der Waals surface area contributed by atoms with E-state index in [2.05, 4.69) is 15.3 Å². The van der Waals surface area contributed by atoms with Crippen LogP contribution >= 0.6 is 35.0 Å². The number of benzene rings is 2. The second-order valence-corrected chi connectivity index (χ2v) is 7.17. The van der Waals surface area contributed by atoms with E-state index in [-0.39, 0.29) is 0 Å². The summed E-state index contributed by atoms with van der Waals surface area (Å²) in [7, 11) is 1.64. The van der Waals surface area contributed by atoms with Gasteiger partial charge in [-0.25, -0.2) is 0 Å². The molecule has 0 saturated carbocycles. The van der Waals surface area contributed by atoms with E-state index in [1.165, 1.54) is 11.8 Å². The Morgan fingerprint density at radius 2 is 1.92 bits per heavy atom. The molecule has 0 aliphatic heterocycles. The Bertz CT molecular complexity index is 925. The lowest BCUT2D eigenvalue weighted by molar-refractivity contribution is 0.415. The van der Waals surface area contributed by atoms with Gasteiger partial charge in [0.05, 0.1) is 13.3 Å². The first-order chi connectivity index (χ1) is 12.6. The van der Waals surface area contributed by atoms with Gasteiger partial charge in [0, 0.05) is 15.8 Å². The maximum atomic E-state index is 6.23. The zero-order chi connectivity index (χ0) is 18.5. The molecule has 0 fully saturated rings. The summed E-state index contributed by atoms with van der Waals surface area (Å²) < 4.78 is 6.86. The molecular weight excluding hydrogens is 391 g/mol. The van der Waals surface area contributed by atoms with Gasteiger partial charge in [-0.05, 0) is 54.4 Å². The van der Waals surface area contributed by atoms with Crippen LogP contribution in [0.15, 0.2) is 52.7 Å². The molecule has 1 heterocycles. The smallest absolute Gasteiger partial charge is 0.212 e. The summed E-state index contributed by atoms with van der Waals surface area (Å²) in [5.41, 5.74) is 1.93. The van der Waals surface area contributed by atoms with Gasteiger partial charge in [0.15, 0.2) is 5.82 Å². The fourth-order valence-electron chi connectivity index (χ4n) is 2.16. The Morgan fingerprint density at radius 1 is 1.15 bits per heavy atom. The van der Waals surface area contributed by atoms with Gasteiger partial charge in [-0.15, -0.1) is 10.2 Å². The predicted molar refractivity (Wildman–Crippen MR) is 107 cm³/mol. The molecule has 134 valence electrons. The largest absolute Gasteiger partial charge is 0.497 e. The molecule has 0 spiro atoms. The van der Waals surface area contributed by atoms with E-state index >= 15 is 0 Å². The van der Waals surface area contributed by atoms with Gasteiger partial charge in [-0.2, -0.15) is 9.78 Å². The van der Waals surface area contributed by atoms with E-state index in [9.17, 15) is 0 Å². The highest BCUT2D eigenvalue weighted by Crippen LogP contribution is 2.28. The molecule has 0 saturated heterocycles. The molecule has 3 rings (SSSR count). The average molecular weight is 407 g/mol. The number of halogens is 2. The molecule has 0 atom stereocenters. The van der Waals surface area contributed by atoms with Crippen molar-refractivity contribution in [3.8, 4) is 5.75 Å². The van der Waals surface area contributed by atoms with Crippen molar-refractivity contribution in [1.29, 1.82) is 0 Å². The van der Waals surface area contributed by atoms with Gasteiger partial charge in [0.25, 0.3) is 0 Å². The third-order valence-corrected chi connectivity index (χ3v) is 5.13. The molecule has 26 heavy (non-hydrogen) atoms. The fraction of sp³-hybridized carbons (Fsp3) is 0.167. The fourth-order valence-corrected chi connectivity index (χ4v) is 3.65. The van der Waals surface area contributed by atoms with E-state index in [0.717, 1.165) is 16.9 Å². The van der Waals surface area contributed by atoms with Crippen molar-refractivity contribution in [2.75, 3.05) is 7.11 Å². The van der Waals surface area contributed by atoms with Crippen molar-refractivity contribution < 1.29 is 4.74 Å². The van der Waals surface area contributed by atoms with Gasteiger partial charge in [-0.1, -0.05) is 41.0 Å². The monoisotopic (exact) mass is 406 g/mol. The Hall–Kier alpha value is -2.02. The summed E-state index contributed by atoms with van der Waals surface area (Å²) in [6, 6.07) is 13.1. The van der Waals surface area contributed by atoms with Crippen molar-refractivity contribution in [2.24, 2.45) is 5.10 Å². The standard InChI is InChI=1S/C18H16Cl2N4OS/c1-12-22-23-18(26-11-14-5-6-15(19)9-17(14)20)24(12)21-10-13-3-7-16(25-2)8-4-13/h3-10H,11H2,1-2H3/b21-10-. The van der Waals surface area contributed by atoms with Crippen LogP contribution in [-0.2, 0) is 5.75 Å². The van der Waals surface area contributed by atoms with Crippen LogP contribution in [0.1, 0.15) is 17.0 Å². The van der Waals surface area contributed by atoms with Crippen LogP contribution in [0.3, 0.4) is 0 Å². The second kappa shape index (κ2) is 8.58. The highest BCUT2D eigenvalue weighted by atomic mass is 35.5. The van der Waals surface area contributed by atoms with Crippen molar-refractivity contribution in [3.05, 3.63) is 69.5 Å². The van der Waals surface area contributed by atoms with Crippen molar-refractivity contribution in [2.45, 2.75) is 17.8 Å². The molecule has 2 aromatic carbocycles. The molecule has 0 N–H and O–H groups in total. The topological polar surface area (TPSA) is 52.3 Å². The van der Waals surface area contributed by atoms with Gasteiger partial charge in [0.2, 0.25) is 5.16 Å². The SMILES string of the molecule is COc1ccc(/C=N\n2c(C)nnc2SCc2ccc(Cl)cc2Cl)cc1. The van der Waals surface area contributed by atoms with Crippen LogP contribution in [0.2, 0.25) is 10.0 Å². The molecule has 8 heteroatoms. The average Bonchev–Trinajstić information content (AvgIpc) is 2.99. The molecule has 0 aliphatic carbocycles. The van der Waals surface area contributed by atoms with E-state index in [4.69, 9.17) is 27.9 Å². The molecule has 1 aromatic heterocycles. The first-order valence-corrected chi connectivity index (χ1v) is 9.48. The van der Waals surface area contributed by atoms with Crippen LogP contribution in [0.4, 0.5) is 0 Å². The zero-order valence-corrected chi connectivity index (χ0v) is 16.5. The summed E-state index contributed by atoms with van der Waals surface area (Å²) in [4.78, 5) is 0. The normalized spacial score (nSPS) is 11.2. The van der Waals surface area contributed by atoms with E-state index in [0.29, 0.717) is 26.8 Å². The Balaban J connectivity index is 1.74. The summed E-state index contributed by atoms with van der Waals surface area (Å²) in [5, 5.41) is 14.7. The third kappa shape index (κ3) is 4.58. The Kier molecular flexibility index (Phi) is 6.19. The van der Waals surface area contributed by atoms with E-state index < -0.39 is 0 Å². The molecular formula is C18H16Cl2N4OS. The van der Waals surface area contributed by atoms with Crippen LogP contribution < -0.4 is 4.74 Å². The van der Waals surface area contributed by atoms with Gasteiger partial charge in [0.1, 0.15) is 5.75 Å². The highest BCUT2D eigenvalue weighted by molar-refractivity contribution is 7.98. The van der Waals surface area contributed by atoms with E-state index in [1.807, 2.05) is 43.3 Å². The lowest BCUT2D eigenvalue weighted by Crippen LogP contribution is -1.96. The van der Waals surface area contributed by atoms with Crippen LogP contribution in [0, 0.1) is 6.92 Å². The van der Waals surface area contributed by atoms with Gasteiger partial charge >= 0.3 is 0 Å². The number of methoxy groups -OCH3 is 1. The lowest BCUT2D eigenvalue weighted by Gasteiger charge is -2.05. The summed E-state index contributed by atoms with van der Waals surface area (Å²) in [6.45, 7) is 1.86. The lowest BCUT2D eigenvalue weighted by atomic mass is 10.2. The maximum Gasteiger partial charge on any atom is 0.212 e. The molecule has 0 aliphatic rings. The number of hydrogen-bond acceptors (Lipinski definition) is 5. The zero-order valence-electron chi connectivity index (χ0n) is 14.2. The first kappa shape index (κ1) is 18.8. The highest BCUT2D eigenvalue weighted by Gasteiger charge is 2.10. The maximum absolute atomic E-state index is 6.23. The number of thioether (sulfide) groups is 1. The molecule has 0 unspecified atom stereocenters. The predicted octanol–water partition coefficient (Wildman–Crippen LogP) is 5.08. The first-order valence-electron chi connectivity index (χ1n) is 7.74. The van der Waals surface area contributed by atoms with Crippen LogP contribution in [0.5, 0.6) is 5.75 Å². The van der Waals surface area contributed by atoms with Crippen molar-refractivity contribution in [1.82, 2.24) is 14.9 Å². The number of aromatic nitrogens is 3. The minimum absolute atomic E-state index is 0.617. The summed E-state index contributed by atoms with van der Waals surface area (Å²) in [5.74, 6) is 2.16. The second-order valence-electron chi connectivity index (χ2n) is 5.38. The summed E-state index contributed by atoms with van der Waals surface area (Å²) >= 11 is 13.7. The Morgan fingerprint density at radius 3 is 2.62 bits per heavy atom. The van der Waals surface area contributed by atoms with Crippen molar-refractivity contribution in [3.63, 3.8) is 0 Å². The number of aryl methyl sites for hydroxylation is 1. The summed E-state index contributed by atoms with van der Waals surface area (Å²) in [6.07, 6.45) is 1.76. The molecule has 0 amide bonds. The molecule has 5 nitrogen and oxygen atoms in total. The van der Waals surface area contributed by atoms with Crippen molar-refractivity contribution >= 4 is 41.2 Å². The molecule has 3 aromatic rings.